The van der Waals surface area contributed by atoms with Crippen molar-refractivity contribution in [1.29, 1.82) is 0 Å². The number of halogens is 2. The van der Waals surface area contributed by atoms with Gasteiger partial charge < -0.3 is 42.6 Å². The molecule has 4 rings (SSSR count). The molecule has 0 radical (unpaired) electrons. The molecule has 2 heterocycles. The number of aliphatic carboxylic acids is 1. The third-order valence-corrected chi connectivity index (χ3v) is 7.84. The van der Waals surface area contributed by atoms with Gasteiger partial charge in [-0.3, -0.25) is 23.8 Å². The maximum absolute atomic E-state index is 14.9. The highest BCUT2D eigenvalue weighted by atomic mass is 19.2. The lowest BCUT2D eigenvalue weighted by Gasteiger charge is -2.14. The van der Waals surface area contributed by atoms with Crippen molar-refractivity contribution in [3.63, 3.8) is 0 Å². The molecule has 0 bridgehead atoms. The summed E-state index contributed by atoms with van der Waals surface area (Å²) in [6, 6.07) is 7.23. The highest BCUT2D eigenvalue weighted by molar-refractivity contribution is 5.96. The molecule has 0 saturated heterocycles. The molecule has 17 heteroatoms. The number of hydrogen-bond donors (Lipinski definition) is 7. The van der Waals surface area contributed by atoms with E-state index in [1.54, 1.807) is 22.7 Å². The molecule has 2 aromatic heterocycles. The second kappa shape index (κ2) is 18.2. The van der Waals surface area contributed by atoms with Crippen molar-refractivity contribution in [2.24, 2.45) is 16.5 Å². The number of nitrogens with zero attached hydrogens (tertiary/aromatic N) is 4. The largest absolute Gasteiger partial charge is 0.494 e. The molecule has 4 aromatic rings. The lowest BCUT2D eigenvalue weighted by molar-refractivity contribution is -0.137. The Balaban J connectivity index is 1.27. The molecule has 0 aliphatic rings. The smallest absolute Gasteiger partial charge is 0.303 e. The van der Waals surface area contributed by atoms with Crippen LogP contribution < -0.4 is 37.5 Å². The zero-order valence-corrected chi connectivity index (χ0v) is 28.3. The molecule has 0 spiro atoms. The predicted octanol–water partition coefficient (Wildman–Crippen LogP) is 2.71. The van der Waals surface area contributed by atoms with Crippen LogP contribution >= 0.6 is 0 Å². The van der Waals surface area contributed by atoms with Crippen LogP contribution in [0, 0.1) is 11.6 Å². The number of nitrogens with one attached hydrogen (secondary N) is 4. The summed E-state index contributed by atoms with van der Waals surface area (Å²) in [5.74, 6) is -3.33. The van der Waals surface area contributed by atoms with Crippen LogP contribution in [0.25, 0.3) is 16.9 Å². The Morgan fingerprint density at radius 3 is 2.57 bits per heavy atom. The normalized spacial score (nSPS) is 12.0. The topological polar surface area (TPSA) is 223 Å². The number of carbonyl (C=O) groups excluding carboxylic acids is 2. The Bertz CT molecular complexity index is 1880. The van der Waals surface area contributed by atoms with E-state index >= 15 is 0 Å². The third kappa shape index (κ3) is 10.1. The van der Waals surface area contributed by atoms with E-state index in [4.69, 9.17) is 21.3 Å². The molecule has 0 aliphatic carbocycles. The van der Waals surface area contributed by atoms with E-state index in [0.29, 0.717) is 67.2 Å². The maximum atomic E-state index is 14.9. The molecule has 0 saturated carbocycles. The van der Waals surface area contributed by atoms with Crippen LogP contribution in [-0.2, 0) is 16.0 Å². The Hall–Kier alpha value is -5.84. The molecular weight excluding hydrogens is 666 g/mol. The first-order valence-corrected chi connectivity index (χ1v) is 16.3. The van der Waals surface area contributed by atoms with Crippen LogP contribution in [-0.4, -0.2) is 82.5 Å². The Labute approximate surface area is 292 Å². The van der Waals surface area contributed by atoms with Gasteiger partial charge >= 0.3 is 5.97 Å². The van der Waals surface area contributed by atoms with Gasteiger partial charge in [0.1, 0.15) is 0 Å². The van der Waals surface area contributed by atoms with Gasteiger partial charge in [0, 0.05) is 61.8 Å². The predicted molar refractivity (Wildman–Crippen MR) is 188 cm³/mol. The quantitative estimate of drug-likeness (QED) is 0.0452. The summed E-state index contributed by atoms with van der Waals surface area (Å²) in [6.07, 6.45) is 6.44. The number of imidazole rings is 1. The molecule has 2 amide bonds. The van der Waals surface area contributed by atoms with Crippen LogP contribution in [0.1, 0.15) is 48.5 Å². The lowest BCUT2D eigenvalue weighted by Crippen LogP contribution is -2.44. The number of guanidine groups is 1. The number of fused-ring (bicyclic) bond motifs is 1. The van der Waals surface area contributed by atoms with Crippen molar-refractivity contribution in [1.82, 2.24) is 30.3 Å². The molecule has 1 atom stereocenters. The second-order valence-corrected chi connectivity index (χ2v) is 11.4. The van der Waals surface area contributed by atoms with Crippen molar-refractivity contribution in [2.45, 2.75) is 45.1 Å². The number of aromatic nitrogens is 3. The molecule has 15 nitrogen and oxygen atoms in total. The fraction of sp³-hybridized carbons (Fsp3) is 0.353. The van der Waals surface area contributed by atoms with E-state index in [0.717, 1.165) is 5.56 Å². The van der Waals surface area contributed by atoms with Gasteiger partial charge in [0.15, 0.2) is 29.0 Å². The number of methoxy groups -OCH3 is 1. The minimum atomic E-state index is -1.10. The highest BCUT2D eigenvalue weighted by Crippen LogP contribution is 2.31. The number of carboxylic acid groups (broad SMARTS) is 1. The molecule has 51 heavy (non-hydrogen) atoms. The number of ether oxygens (including phenoxy) is 1. The van der Waals surface area contributed by atoms with E-state index in [-0.39, 0.29) is 48.6 Å². The van der Waals surface area contributed by atoms with E-state index < -0.39 is 23.6 Å². The van der Waals surface area contributed by atoms with Crippen molar-refractivity contribution < 1.29 is 33.0 Å². The minimum Gasteiger partial charge on any atom is -0.494 e. The number of nitrogens with two attached hydrogens (primary N) is 2. The first-order chi connectivity index (χ1) is 24.5. The van der Waals surface area contributed by atoms with Crippen LogP contribution in [0.4, 0.5) is 20.3 Å². The first kappa shape index (κ1) is 38.0. The van der Waals surface area contributed by atoms with Gasteiger partial charge in [0.25, 0.3) is 5.91 Å². The average Bonchev–Trinajstić information content (AvgIpc) is 3.56. The van der Waals surface area contributed by atoms with Crippen LogP contribution in [0.5, 0.6) is 5.75 Å². The number of aliphatic imine (C=N–C) groups is 1. The van der Waals surface area contributed by atoms with Gasteiger partial charge in [-0.15, -0.1) is 0 Å². The van der Waals surface area contributed by atoms with E-state index in [2.05, 4.69) is 36.2 Å². The molecule has 2 aromatic carbocycles. The van der Waals surface area contributed by atoms with Gasteiger partial charge in [-0.25, -0.2) is 14.4 Å². The van der Waals surface area contributed by atoms with Crippen molar-refractivity contribution >= 4 is 40.9 Å². The summed E-state index contributed by atoms with van der Waals surface area (Å²) in [6.45, 7) is 3.03. The molecular formula is C34H42F2N10O5. The average molecular weight is 709 g/mol. The van der Waals surface area contributed by atoms with Crippen LogP contribution in [0.15, 0.2) is 53.9 Å². The highest BCUT2D eigenvalue weighted by Gasteiger charge is 2.20. The third-order valence-electron chi connectivity index (χ3n) is 7.84. The SMILES string of the molecule is CCc1cc(Nc2nccn3c(-c4ccc(OC)c(F)c4F)cnc23)ccc1C(=O)NCCNC(=O)C(N)CCCNC(N)=NCCCC(=O)O. The van der Waals surface area contributed by atoms with E-state index in [9.17, 15) is 23.2 Å². The van der Waals surface area contributed by atoms with Crippen LogP contribution in [0.2, 0.25) is 0 Å². The number of carboxylic acids is 1. The molecule has 0 fully saturated rings. The van der Waals surface area contributed by atoms with Gasteiger partial charge in [-0.05, 0) is 61.6 Å². The fourth-order valence-electron chi connectivity index (χ4n) is 5.16. The van der Waals surface area contributed by atoms with E-state index in [1.807, 2.05) is 13.0 Å². The number of rotatable bonds is 18. The maximum Gasteiger partial charge on any atom is 0.303 e. The number of benzene rings is 2. The molecule has 272 valence electrons. The first-order valence-electron chi connectivity index (χ1n) is 16.3. The van der Waals surface area contributed by atoms with Crippen molar-refractivity contribution in [2.75, 3.05) is 38.6 Å². The Morgan fingerprint density at radius 2 is 1.82 bits per heavy atom. The minimum absolute atomic E-state index is 0.00864. The summed E-state index contributed by atoms with van der Waals surface area (Å²) < 4.78 is 35.7. The zero-order valence-electron chi connectivity index (χ0n) is 28.3. The van der Waals surface area contributed by atoms with Gasteiger partial charge in [0.2, 0.25) is 11.7 Å². The van der Waals surface area contributed by atoms with Gasteiger partial charge in [-0.2, -0.15) is 4.39 Å². The second-order valence-electron chi connectivity index (χ2n) is 11.4. The summed E-state index contributed by atoms with van der Waals surface area (Å²) in [5.41, 5.74) is 14.3. The molecule has 0 aliphatic heterocycles. The lowest BCUT2D eigenvalue weighted by atomic mass is 10.0. The monoisotopic (exact) mass is 708 g/mol. The number of aryl methyl sites for hydroxylation is 1. The summed E-state index contributed by atoms with van der Waals surface area (Å²) in [5, 5.41) is 20.3. The zero-order chi connectivity index (χ0) is 36.9. The summed E-state index contributed by atoms with van der Waals surface area (Å²) in [4.78, 5) is 48.7. The Morgan fingerprint density at radius 1 is 1.04 bits per heavy atom. The Kier molecular flexibility index (Phi) is 13.6. The summed E-state index contributed by atoms with van der Waals surface area (Å²) >= 11 is 0. The summed E-state index contributed by atoms with van der Waals surface area (Å²) in [7, 11) is 1.26. The number of anilines is 2. The standard InChI is InChI=1S/C34H42F2N10O5/c1-3-20-18-21(45-30-31-44-19-25(46(31)17-16-39-30)23-10-11-26(51-2)29(36)28(23)35)8-9-22(20)32(49)40-14-15-41-33(50)24(37)6-4-12-42-34(38)43-13-5-7-27(47)48/h8-11,16-19,24H,3-7,12-15,37H2,1-2H3,(H,39,45)(H,40,49)(H,41,50)(H,47,48)(H3,38,42,43). The van der Waals surface area contributed by atoms with Gasteiger partial charge in [-0.1, -0.05) is 6.92 Å². The fourth-order valence-corrected chi connectivity index (χ4v) is 5.16. The molecule has 9 N–H and O–H groups in total. The van der Waals surface area contributed by atoms with Crippen molar-refractivity contribution in [3.05, 3.63) is 71.7 Å². The van der Waals surface area contributed by atoms with Crippen molar-refractivity contribution in [3.8, 4) is 17.0 Å². The van der Waals surface area contributed by atoms with Crippen LogP contribution in [0.3, 0.4) is 0 Å². The van der Waals surface area contributed by atoms with Gasteiger partial charge in [0.05, 0.1) is 25.0 Å². The number of carbonyl (C=O) groups is 3. The number of amides is 2. The molecule has 1 unspecified atom stereocenters. The number of hydrogen-bond acceptors (Lipinski definition) is 9. The van der Waals surface area contributed by atoms with E-state index in [1.165, 1.54) is 31.6 Å².